The number of hydrogen-bond acceptors (Lipinski definition) is 10. The Balaban J connectivity index is -0.00000210. The van der Waals surface area contributed by atoms with Crippen LogP contribution in [0.4, 0.5) is 0 Å². The van der Waals surface area contributed by atoms with Crippen molar-refractivity contribution in [3.05, 3.63) is 59.7 Å². The Hall–Kier alpha value is -1.56. The van der Waals surface area contributed by atoms with Gasteiger partial charge in [0, 0.05) is 10.3 Å². The van der Waals surface area contributed by atoms with Crippen LogP contribution in [0.5, 0.6) is 0 Å². The molecule has 14 heteroatoms. The molecule has 0 aliphatic carbocycles. The molecular weight excluding hydrogens is 458 g/mol. The molecule has 0 aromatic heterocycles. The van der Waals surface area contributed by atoms with Crippen LogP contribution in [0.15, 0.2) is 68.6 Å². The van der Waals surface area contributed by atoms with Gasteiger partial charge in [-0.05, 0) is 23.3 Å². The van der Waals surface area contributed by atoms with E-state index in [4.69, 9.17) is 0 Å². The third-order valence-corrected chi connectivity index (χ3v) is 5.53. The van der Waals surface area contributed by atoms with Crippen LogP contribution < -0.4 is 59.1 Å². The molecule has 0 N–H and O–H groups in total. The van der Waals surface area contributed by atoms with Gasteiger partial charge < -0.3 is 2.85 Å². The fourth-order valence-corrected chi connectivity index (χ4v) is 3.84. The molecule has 30 heavy (non-hydrogen) atoms. The molecule has 0 heterocycles. The van der Waals surface area contributed by atoms with Crippen LogP contribution in [0.1, 0.15) is 14.0 Å². The molecule has 0 aliphatic heterocycles. The Bertz CT molecular complexity index is 1130. The van der Waals surface area contributed by atoms with E-state index in [9.17, 15) is 26.4 Å². The molecule has 0 saturated carbocycles. The predicted octanol–water partition coefficient (Wildman–Crippen LogP) is -4.00. The monoisotopic (exact) mass is 470 g/mol. The van der Waals surface area contributed by atoms with Gasteiger partial charge in [-0.25, -0.2) is 9.59 Å². The Kier molecular flexibility index (Phi) is 12.3. The maximum absolute atomic E-state index is 12.1. The topological polar surface area (TPSA) is 146 Å². The van der Waals surface area contributed by atoms with Crippen molar-refractivity contribution in [1.82, 2.24) is 0 Å². The summed E-state index contributed by atoms with van der Waals surface area (Å²) in [5.41, 5.74) is 0.255. The maximum atomic E-state index is 12.1. The zero-order valence-electron chi connectivity index (χ0n) is 17.8. The molecule has 0 fully saturated rings. The van der Waals surface area contributed by atoms with E-state index < -0.39 is 20.2 Å². The van der Waals surface area contributed by atoms with Gasteiger partial charge in [-0.2, -0.15) is 16.8 Å². The van der Waals surface area contributed by atoms with Crippen LogP contribution in [0.25, 0.3) is 12.2 Å². The molecule has 0 saturated heterocycles. The minimum Gasteiger partial charge on any atom is -1.00 e. The van der Waals surface area contributed by atoms with Crippen molar-refractivity contribution < 1.29 is 97.0 Å². The van der Waals surface area contributed by atoms with Gasteiger partial charge >= 0.3 is 79.4 Å². The Labute approximate surface area is 219 Å². The minimum atomic E-state index is -4.39. The molecule has 148 valence electrons. The van der Waals surface area contributed by atoms with Crippen molar-refractivity contribution in [2.24, 2.45) is 10.3 Å². The second-order valence-corrected chi connectivity index (χ2v) is 7.83. The summed E-state index contributed by atoms with van der Waals surface area (Å²) in [5, 5.41) is 5.20. The molecule has 2 aromatic carbocycles. The molecule has 0 unspecified atom stereocenters. The molecule has 10 nitrogen and oxygen atoms in total. The van der Waals surface area contributed by atoms with Crippen LogP contribution >= 0.6 is 0 Å². The van der Waals surface area contributed by atoms with Gasteiger partial charge in [0.25, 0.3) is 12.2 Å². The maximum Gasteiger partial charge on any atom is 1.00 e. The number of hydrogen-bond donors (Lipinski definition) is 0. The Morgan fingerprint density at radius 3 is 1.37 bits per heavy atom. The van der Waals surface area contributed by atoms with Crippen molar-refractivity contribution in [2.75, 3.05) is 0 Å². The molecule has 0 atom stereocenters. The van der Waals surface area contributed by atoms with Crippen molar-refractivity contribution >= 4 is 44.5 Å². The van der Waals surface area contributed by atoms with E-state index >= 15 is 0 Å². The molecule has 0 spiro atoms. The first-order chi connectivity index (χ1) is 13.3. The van der Waals surface area contributed by atoms with Gasteiger partial charge in [-0.1, -0.05) is 48.6 Å². The van der Waals surface area contributed by atoms with Crippen LogP contribution in [-0.4, -0.2) is 29.0 Å². The summed E-state index contributed by atoms with van der Waals surface area (Å²) in [6.45, 7) is 0. The van der Waals surface area contributed by atoms with Gasteiger partial charge in [0.2, 0.25) is 0 Å². The zero-order valence-corrected chi connectivity index (χ0v) is 21.4. The molecule has 2 aromatic rings. The fourth-order valence-electron chi connectivity index (χ4n) is 2.08. The number of carbonyl (C=O) groups excluding carboxylic acids is 2. The summed E-state index contributed by atoms with van der Waals surface area (Å²) in [7, 11) is -8.78. The number of benzene rings is 2. The second-order valence-electron chi connectivity index (χ2n) is 4.83. The summed E-state index contributed by atoms with van der Waals surface area (Å²) in [4.78, 5) is 19.6. The van der Waals surface area contributed by atoms with Gasteiger partial charge in [-0.3, -0.25) is 8.57 Å². The van der Waals surface area contributed by atoms with Crippen LogP contribution in [-0.2, 0) is 38.4 Å². The summed E-state index contributed by atoms with van der Waals surface area (Å²) in [6, 6.07) is 11.2. The van der Waals surface area contributed by atoms with Gasteiger partial charge in [0.1, 0.15) is 9.79 Å². The normalized spacial score (nSPS) is 10.5. The van der Waals surface area contributed by atoms with E-state index in [1.165, 1.54) is 60.7 Å². The van der Waals surface area contributed by atoms with E-state index in [0.29, 0.717) is 0 Å². The summed E-state index contributed by atoms with van der Waals surface area (Å²) < 4.78 is 56.6. The quantitative estimate of drug-likeness (QED) is 0.125. The average molecular weight is 470 g/mol. The number of isocyanates is 2. The third-order valence-electron chi connectivity index (χ3n) is 3.16. The largest absolute Gasteiger partial charge is 1.00 e. The van der Waals surface area contributed by atoms with Gasteiger partial charge in [0.05, 0.1) is 0 Å². The van der Waals surface area contributed by atoms with Crippen LogP contribution in [0, 0.1) is 0 Å². The Morgan fingerprint density at radius 1 is 0.700 bits per heavy atom. The van der Waals surface area contributed by atoms with E-state index in [1.54, 1.807) is 0 Å². The van der Waals surface area contributed by atoms with Crippen molar-refractivity contribution in [3.8, 4) is 0 Å². The average Bonchev–Trinajstić information content (AvgIpc) is 2.69. The molecular formula is C16H12N2Na2O8S2. The predicted molar refractivity (Wildman–Crippen MR) is 96.8 cm³/mol. The number of nitrogens with zero attached hydrogens (tertiary/aromatic N) is 2. The van der Waals surface area contributed by atoms with Crippen molar-refractivity contribution in [3.63, 3.8) is 0 Å². The van der Waals surface area contributed by atoms with E-state index in [1.807, 2.05) is 0 Å². The summed E-state index contributed by atoms with van der Waals surface area (Å²) >= 11 is 0. The second kappa shape index (κ2) is 13.0. The molecule has 0 bridgehead atoms. The SMILES string of the molecule is O=C=NOS(=O)(=O)c1ccccc1C=Cc1ccccc1S(=O)(=O)ON=C=O.[H-].[H-].[Na+].[Na+]. The van der Waals surface area contributed by atoms with E-state index in [2.05, 4.69) is 18.9 Å². The smallest absolute Gasteiger partial charge is 1.00 e. The Morgan fingerprint density at radius 2 is 1.03 bits per heavy atom. The molecule has 0 aliphatic rings. The van der Waals surface area contributed by atoms with Gasteiger partial charge in [0.15, 0.2) is 0 Å². The molecule has 0 radical (unpaired) electrons. The van der Waals surface area contributed by atoms with E-state index in [0.717, 1.165) is 12.2 Å². The van der Waals surface area contributed by atoms with E-state index in [-0.39, 0.29) is 82.9 Å². The third kappa shape index (κ3) is 7.60. The van der Waals surface area contributed by atoms with Crippen LogP contribution in [0.2, 0.25) is 0 Å². The molecule has 2 rings (SSSR count). The van der Waals surface area contributed by atoms with Crippen LogP contribution in [0.3, 0.4) is 0 Å². The zero-order chi connectivity index (χ0) is 20.6. The summed E-state index contributed by atoms with van der Waals surface area (Å²) in [6.07, 6.45) is 4.51. The molecule has 0 amide bonds. The minimum absolute atomic E-state index is 0. The van der Waals surface area contributed by atoms with Crippen molar-refractivity contribution in [1.29, 1.82) is 0 Å². The fraction of sp³-hybridized carbons (Fsp3) is 0. The summed E-state index contributed by atoms with van der Waals surface area (Å²) in [5.74, 6) is 0. The standard InChI is InChI=1S/C16H10N2O8S2.2Na.2H/c19-11-17-25-27(21,22)15-7-3-1-5-13(15)9-10-14-6-2-4-8-16(14)28(23,24)26-18-12-20;;;;/h1-10H;;;;/q;2*+1;2*-1. The number of rotatable bonds is 8. The first-order valence-corrected chi connectivity index (χ1v) is 10.0. The van der Waals surface area contributed by atoms with Gasteiger partial charge in [-0.15, -0.1) is 0 Å². The van der Waals surface area contributed by atoms with Crippen molar-refractivity contribution in [2.45, 2.75) is 9.79 Å². The first-order valence-electron chi connectivity index (χ1n) is 7.19. The first kappa shape index (κ1) is 28.4.